The monoisotopic (exact) mass is 359 g/mol. The number of nitrogens with zero attached hydrogens (tertiary/aromatic N) is 3. The molecule has 0 bridgehead atoms. The van der Waals surface area contributed by atoms with Crippen LogP contribution in [0.1, 0.15) is 23.6 Å². The second-order valence-corrected chi connectivity index (χ2v) is 6.39. The maximum Gasteiger partial charge on any atom is 0.164 e. The van der Waals surface area contributed by atoms with Crippen LogP contribution in [0.5, 0.6) is 0 Å². The summed E-state index contributed by atoms with van der Waals surface area (Å²) in [5.41, 5.74) is 1.73. The van der Waals surface area contributed by atoms with Gasteiger partial charge in [0.15, 0.2) is 6.23 Å². The molecule has 3 heterocycles. The lowest BCUT2D eigenvalue weighted by atomic mass is 9.99. The zero-order valence-electron chi connectivity index (χ0n) is 13.9. The van der Waals surface area contributed by atoms with Crippen LogP contribution < -0.4 is 0 Å². The maximum atomic E-state index is 13.1. The van der Waals surface area contributed by atoms with E-state index in [4.69, 9.17) is 4.74 Å². The summed E-state index contributed by atoms with van der Waals surface area (Å²) >= 11 is 0. The van der Waals surface area contributed by atoms with E-state index in [0.29, 0.717) is 11.2 Å². The van der Waals surface area contributed by atoms with Gasteiger partial charge in [-0.3, -0.25) is 0 Å². The number of rotatable bonds is 3. The number of hydrogen-bond acceptors (Lipinski definition) is 6. The van der Waals surface area contributed by atoms with Gasteiger partial charge in [-0.15, -0.1) is 0 Å². The number of halogens is 1. The molecular formula is C18H18FN3O4. The van der Waals surface area contributed by atoms with Gasteiger partial charge in [0.2, 0.25) is 0 Å². The van der Waals surface area contributed by atoms with Crippen molar-refractivity contribution in [2.75, 3.05) is 0 Å². The van der Waals surface area contributed by atoms with Gasteiger partial charge in [-0.2, -0.15) is 0 Å². The fraction of sp³-hybridized carbons (Fsp3) is 0.333. The van der Waals surface area contributed by atoms with Crippen LogP contribution in [0.4, 0.5) is 4.39 Å². The molecule has 136 valence electrons. The highest BCUT2D eigenvalue weighted by Crippen LogP contribution is 2.37. The first-order valence-electron chi connectivity index (χ1n) is 8.20. The number of fused-ring (bicyclic) bond motifs is 1. The van der Waals surface area contributed by atoms with E-state index >= 15 is 0 Å². The molecular weight excluding hydrogens is 341 g/mol. The average molecular weight is 359 g/mol. The van der Waals surface area contributed by atoms with Crippen LogP contribution in [-0.2, 0) is 4.74 Å². The van der Waals surface area contributed by atoms with Crippen molar-refractivity contribution in [3.8, 4) is 0 Å². The van der Waals surface area contributed by atoms with Crippen molar-refractivity contribution < 1.29 is 24.4 Å². The van der Waals surface area contributed by atoms with Gasteiger partial charge in [-0.05, 0) is 30.7 Å². The van der Waals surface area contributed by atoms with Crippen molar-refractivity contribution in [3.05, 3.63) is 59.9 Å². The molecule has 8 heteroatoms. The lowest BCUT2D eigenvalue weighted by Gasteiger charge is -2.21. The Balaban J connectivity index is 1.65. The van der Waals surface area contributed by atoms with Crippen molar-refractivity contribution >= 4 is 11.0 Å². The molecule has 0 unspecified atom stereocenters. The van der Waals surface area contributed by atoms with Crippen LogP contribution in [0.3, 0.4) is 0 Å². The van der Waals surface area contributed by atoms with E-state index in [-0.39, 0.29) is 0 Å². The Morgan fingerprint density at radius 1 is 1.12 bits per heavy atom. The highest BCUT2D eigenvalue weighted by Gasteiger charge is 2.47. The number of aryl methyl sites for hydroxylation is 1. The Kier molecular flexibility index (Phi) is 4.20. The largest absolute Gasteiger partial charge is 0.387 e. The van der Waals surface area contributed by atoms with Crippen LogP contribution >= 0.6 is 0 Å². The topological polar surface area (TPSA) is 101 Å². The number of aliphatic hydroxyl groups excluding tert-OH is 3. The molecule has 3 N–H and O–H groups in total. The number of hydrogen-bond donors (Lipinski definition) is 3. The number of aliphatic hydroxyl groups is 3. The summed E-state index contributed by atoms with van der Waals surface area (Å²) in [6.45, 7) is 1.84. The van der Waals surface area contributed by atoms with Gasteiger partial charge in [0.05, 0.1) is 5.69 Å². The van der Waals surface area contributed by atoms with E-state index in [2.05, 4.69) is 9.97 Å². The Labute approximate surface area is 148 Å². The first kappa shape index (κ1) is 17.0. The summed E-state index contributed by atoms with van der Waals surface area (Å²) in [5, 5.41) is 32.2. The zero-order valence-corrected chi connectivity index (χ0v) is 13.9. The summed E-state index contributed by atoms with van der Waals surface area (Å²) in [5.74, 6) is -0.430. The van der Waals surface area contributed by atoms with Crippen molar-refractivity contribution in [2.45, 2.75) is 37.6 Å². The summed E-state index contributed by atoms with van der Waals surface area (Å²) in [6, 6.07) is 7.06. The van der Waals surface area contributed by atoms with Gasteiger partial charge in [0, 0.05) is 11.6 Å². The number of benzene rings is 1. The molecule has 0 radical (unpaired) electrons. The van der Waals surface area contributed by atoms with Crippen molar-refractivity contribution in [2.24, 2.45) is 0 Å². The Hall–Kier alpha value is -2.39. The highest BCUT2D eigenvalue weighted by molar-refractivity contribution is 5.78. The maximum absolute atomic E-state index is 13.1. The lowest BCUT2D eigenvalue weighted by Crippen LogP contribution is -2.34. The van der Waals surface area contributed by atoms with Crippen molar-refractivity contribution in [1.29, 1.82) is 0 Å². The highest BCUT2D eigenvalue weighted by atomic mass is 19.1. The fourth-order valence-corrected chi connectivity index (χ4v) is 3.33. The van der Waals surface area contributed by atoms with E-state index in [1.54, 1.807) is 16.8 Å². The average Bonchev–Trinajstić information content (AvgIpc) is 3.18. The van der Waals surface area contributed by atoms with Crippen LogP contribution in [0, 0.1) is 12.7 Å². The van der Waals surface area contributed by atoms with Crippen LogP contribution in [0.2, 0.25) is 0 Å². The van der Waals surface area contributed by atoms with E-state index < -0.39 is 36.5 Å². The third-order valence-corrected chi connectivity index (χ3v) is 4.78. The molecule has 0 saturated carbocycles. The van der Waals surface area contributed by atoms with E-state index in [1.807, 2.05) is 6.92 Å². The molecule has 3 aromatic rings. The Bertz CT molecular complexity index is 930. The normalized spacial score (nSPS) is 27.1. The summed E-state index contributed by atoms with van der Waals surface area (Å²) < 4.78 is 20.5. The first-order valence-corrected chi connectivity index (χ1v) is 8.20. The number of ether oxygens (including phenoxy) is 1. The molecule has 1 aliphatic rings. The minimum Gasteiger partial charge on any atom is -0.387 e. The fourth-order valence-electron chi connectivity index (χ4n) is 3.33. The van der Waals surface area contributed by atoms with Gasteiger partial charge in [-0.25, -0.2) is 14.4 Å². The standard InChI is InChI=1S/C18H18FN3O4/c1-9-12-6-7-22(17(12)21-8-20-9)18-15(25)14(24)16(26-18)13(23)10-2-4-11(19)5-3-10/h2-8,13-16,18,23-25H,1H3/t13-,14+,15-,16-,18-/m1/s1. The molecule has 4 rings (SSSR count). The molecule has 0 amide bonds. The van der Waals surface area contributed by atoms with Crippen molar-refractivity contribution in [1.82, 2.24) is 14.5 Å². The molecule has 1 aliphatic heterocycles. The quantitative estimate of drug-likeness (QED) is 0.650. The van der Waals surface area contributed by atoms with Crippen LogP contribution in [0.15, 0.2) is 42.9 Å². The predicted molar refractivity (Wildman–Crippen MR) is 89.5 cm³/mol. The molecule has 0 spiro atoms. The predicted octanol–water partition coefficient (Wildman–Crippen LogP) is 1.23. The number of aromatic nitrogens is 3. The molecule has 26 heavy (non-hydrogen) atoms. The van der Waals surface area contributed by atoms with Gasteiger partial charge < -0.3 is 24.6 Å². The Morgan fingerprint density at radius 3 is 2.58 bits per heavy atom. The summed E-state index contributed by atoms with van der Waals surface area (Å²) in [7, 11) is 0. The molecule has 0 aliphatic carbocycles. The van der Waals surface area contributed by atoms with Gasteiger partial charge in [0.25, 0.3) is 0 Å². The lowest BCUT2D eigenvalue weighted by molar-refractivity contribution is -0.0848. The van der Waals surface area contributed by atoms with Crippen LogP contribution in [-0.4, -0.2) is 48.2 Å². The third-order valence-electron chi connectivity index (χ3n) is 4.78. The molecule has 7 nitrogen and oxygen atoms in total. The third kappa shape index (κ3) is 2.67. The van der Waals surface area contributed by atoms with E-state index in [9.17, 15) is 19.7 Å². The van der Waals surface area contributed by atoms with Gasteiger partial charge in [-0.1, -0.05) is 12.1 Å². The second-order valence-electron chi connectivity index (χ2n) is 6.39. The summed E-state index contributed by atoms with van der Waals surface area (Å²) in [4.78, 5) is 8.34. The Morgan fingerprint density at radius 2 is 1.85 bits per heavy atom. The minimum atomic E-state index is -1.32. The van der Waals surface area contributed by atoms with Crippen molar-refractivity contribution in [3.63, 3.8) is 0 Å². The molecule has 1 aromatic carbocycles. The molecule has 2 aromatic heterocycles. The first-order chi connectivity index (χ1) is 12.5. The second kappa shape index (κ2) is 6.40. The zero-order chi connectivity index (χ0) is 18.4. The van der Waals surface area contributed by atoms with Crippen LogP contribution in [0.25, 0.3) is 11.0 Å². The van der Waals surface area contributed by atoms with Gasteiger partial charge in [0.1, 0.15) is 42.2 Å². The molecule has 1 fully saturated rings. The summed E-state index contributed by atoms with van der Waals surface area (Å²) in [6.07, 6.45) is -2.68. The molecule has 1 saturated heterocycles. The van der Waals surface area contributed by atoms with E-state index in [0.717, 1.165) is 11.1 Å². The molecule has 5 atom stereocenters. The van der Waals surface area contributed by atoms with E-state index in [1.165, 1.54) is 30.6 Å². The smallest absolute Gasteiger partial charge is 0.164 e. The SMILES string of the molecule is Cc1ncnc2c1ccn2[C@@H]1O[C@H]([C@H](O)c2ccc(F)cc2)[C@@H](O)[C@H]1O. The van der Waals surface area contributed by atoms with Gasteiger partial charge >= 0.3 is 0 Å². The minimum absolute atomic E-state index is 0.388.